The Morgan fingerprint density at radius 3 is 2.24 bits per heavy atom. The first kappa shape index (κ1) is 18.8. The third-order valence-corrected chi connectivity index (χ3v) is 3.92. The molecular formula is C20H23NO4. The van der Waals surface area contributed by atoms with Crippen LogP contribution in [0.5, 0.6) is 0 Å². The summed E-state index contributed by atoms with van der Waals surface area (Å²) in [6, 6.07) is 18.5. The highest BCUT2D eigenvalue weighted by atomic mass is 16.7. The van der Waals surface area contributed by atoms with Crippen molar-refractivity contribution in [1.29, 1.82) is 0 Å². The molecule has 0 aliphatic heterocycles. The second-order valence-corrected chi connectivity index (χ2v) is 5.91. The van der Waals surface area contributed by atoms with Crippen LogP contribution in [0.3, 0.4) is 0 Å². The lowest BCUT2D eigenvalue weighted by molar-refractivity contribution is -0.133. The van der Waals surface area contributed by atoms with Crippen LogP contribution in [-0.4, -0.2) is 29.5 Å². The van der Waals surface area contributed by atoms with E-state index in [1.54, 1.807) is 24.3 Å². The van der Waals surface area contributed by atoms with Gasteiger partial charge in [0.15, 0.2) is 5.78 Å². The van der Waals surface area contributed by atoms with E-state index < -0.39 is 12.0 Å². The summed E-state index contributed by atoms with van der Waals surface area (Å²) in [5.41, 5.74) is 3.94. The van der Waals surface area contributed by atoms with Gasteiger partial charge in [-0.25, -0.2) is 5.48 Å². The Bertz CT molecular complexity index is 671. The molecule has 0 bridgehead atoms. The van der Waals surface area contributed by atoms with Crippen molar-refractivity contribution in [2.75, 3.05) is 6.61 Å². The van der Waals surface area contributed by atoms with Crippen LogP contribution < -0.4 is 5.48 Å². The van der Waals surface area contributed by atoms with E-state index in [1.807, 2.05) is 36.4 Å². The lowest BCUT2D eigenvalue weighted by Crippen LogP contribution is -2.33. The van der Waals surface area contributed by atoms with Gasteiger partial charge in [-0.2, -0.15) is 0 Å². The van der Waals surface area contributed by atoms with Crippen LogP contribution in [-0.2, 0) is 16.1 Å². The van der Waals surface area contributed by atoms with Crippen LogP contribution in [0.2, 0.25) is 0 Å². The molecule has 0 saturated carbocycles. The first-order valence-electron chi connectivity index (χ1n) is 8.31. The van der Waals surface area contributed by atoms with Gasteiger partial charge in [-0.05, 0) is 37.5 Å². The van der Waals surface area contributed by atoms with Gasteiger partial charge in [-0.15, -0.1) is 0 Å². The van der Waals surface area contributed by atoms with Crippen molar-refractivity contribution in [3.8, 4) is 0 Å². The topological polar surface area (TPSA) is 75.6 Å². The lowest BCUT2D eigenvalue weighted by atomic mass is 9.94. The Morgan fingerprint density at radius 2 is 1.64 bits per heavy atom. The van der Waals surface area contributed by atoms with Gasteiger partial charge in [-0.1, -0.05) is 48.5 Å². The molecule has 5 heteroatoms. The normalized spacial score (nSPS) is 13.0. The average Bonchev–Trinajstić information content (AvgIpc) is 2.65. The number of Topliss-reactive ketones (excluding diaryl/α,β-unsaturated/α-hetero) is 1. The Kier molecular flexibility index (Phi) is 7.32. The third kappa shape index (κ3) is 6.14. The summed E-state index contributed by atoms with van der Waals surface area (Å²) in [5, 5.41) is 9.58. The van der Waals surface area contributed by atoms with Gasteiger partial charge in [0.1, 0.15) is 6.10 Å². The van der Waals surface area contributed by atoms with Gasteiger partial charge in [0, 0.05) is 11.5 Å². The summed E-state index contributed by atoms with van der Waals surface area (Å²) in [5.74, 6) is -1.15. The van der Waals surface area contributed by atoms with Gasteiger partial charge >= 0.3 is 0 Å². The van der Waals surface area contributed by atoms with E-state index >= 15 is 0 Å². The molecule has 0 radical (unpaired) electrons. The van der Waals surface area contributed by atoms with E-state index in [0.717, 1.165) is 5.56 Å². The van der Waals surface area contributed by atoms with Crippen molar-refractivity contribution in [2.24, 2.45) is 5.92 Å². The summed E-state index contributed by atoms with van der Waals surface area (Å²) < 4.78 is 0. The predicted molar refractivity (Wildman–Crippen MR) is 94.8 cm³/mol. The number of rotatable bonds is 9. The van der Waals surface area contributed by atoms with Crippen LogP contribution in [0.1, 0.15) is 29.3 Å². The van der Waals surface area contributed by atoms with Crippen molar-refractivity contribution in [1.82, 2.24) is 5.48 Å². The highest BCUT2D eigenvalue weighted by molar-refractivity contribution is 5.93. The molecule has 2 N–H and O–H groups in total. The summed E-state index contributed by atoms with van der Waals surface area (Å²) in [6.07, 6.45) is 0.170. The lowest BCUT2D eigenvalue weighted by Gasteiger charge is -2.17. The first-order valence-corrected chi connectivity index (χ1v) is 8.31. The van der Waals surface area contributed by atoms with E-state index in [4.69, 9.17) is 4.84 Å². The van der Waals surface area contributed by atoms with Gasteiger partial charge in [0.25, 0.3) is 5.91 Å². The zero-order valence-corrected chi connectivity index (χ0v) is 14.2. The number of amides is 1. The second-order valence-electron chi connectivity index (χ2n) is 5.91. The van der Waals surface area contributed by atoms with E-state index in [1.165, 1.54) is 6.92 Å². The maximum atomic E-state index is 12.2. The van der Waals surface area contributed by atoms with Crippen molar-refractivity contribution in [3.05, 3.63) is 71.8 Å². The number of hydrogen-bond donors (Lipinski definition) is 2. The molecule has 0 aliphatic rings. The standard InChI is InChI=1S/C20H23NO4/c1-15(22)19(23)18(13-12-16-8-4-2-5-9-16)14-25-21-20(24)17-10-6-3-7-11-17/h2-11,15,18,22H,12-14H2,1H3,(H,21,24). The minimum atomic E-state index is -1.06. The Morgan fingerprint density at radius 1 is 1.04 bits per heavy atom. The quantitative estimate of drug-likeness (QED) is 0.687. The molecule has 132 valence electrons. The van der Waals surface area contributed by atoms with Crippen LogP contribution >= 0.6 is 0 Å². The maximum absolute atomic E-state index is 12.2. The molecule has 0 fully saturated rings. The monoisotopic (exact) mass is 341 g/mol. The van der Waals surface area contributed by atoms with E-state index in [-0.39, 0.29) is 18.3 Å². The van der Waals surface area contributed by atoms with Gasteiger partial charge < -0.3 is 5.11 Å². The number of carbonyl (C=O) groups is 2. The van der Waals surface area contributed by atoms with Crippen LogP contribution in [0.25, 0.3) is 0 Å². The molecule has 25 heavy (non-hydrogen) atoms. The van der Waals surface area contributed by atoms with E-state index in [2.05, 4.69) is 5.48 Å². The number of hydrogen-bond acceptors (Lipinski definition) is 4. The molecule has 0 saturated heterocycles. The number of aryl methyl sites for hydroxylation is 1. The third-order valence-electron chi connectivity index (χ3n) is 3.92. The number of aliphatic hydroxyl groups excluding tert-OH is 1. The molecule has 2 atom stereocenters. The molecule has 0 aliphatic carbocycles. The van der Waals surface area contributed by atoms with E-state index in [9.17, 15) is 14.7 Å². The van der Waals surface area contributed by atoms with Gasteiger partial charge in [-0.3, -0.25) is 14.4 Å². The molecular weight excluding hydrogens is 318 g/mol. The number of aliphatic hydroxyl groups is 1. The molecule has 2 unspecified atom stereocenters. The number of ketones is 1. The summed E-state index contributed by atoms with van der Waals surface area (Å²) in [4.78, 5) is 29.3. The fourth-order valence-electron chi connectivity index (χ4n) is 2.49. The molecule has 1 amide bonds. The van der Waals surface area contributed by atoms with Crippen LogP contribution in [0.15, 0.2) is 60.7 Å². The smallest absolute Gasteiger partial charge is 0.274 e. The maximum Gasteiger partial charge on any atom is 0.274 e. The number of hydroxylamine groups is 1. The molecule has 0 heterocycles. The van der Waals surface area contributed by atoms with Crippen LogP contribution in [0, 0.1) is 5.92 Å². The molecule has 0 spiro atoms. The van der Waals surface area contributed by atoms with Gasteiger partial charge in [0.05, 0.1) is 6.61 Å². The van der Waals surface area contributed by atoms with Crippen molar-refractivity contribution >= 4 is 11.7 Å². The molecule has 5 nitrogen and oxygen atoms in total. The van der Waals surface area contributed by atoms with Gasteiger partial charge in [0.2, 0.25) is 0 Å². The minimum Gasteiger partial charge on any atom is -0.386 e. The zero-order chi connectivity index (χ0) is 18.1. The minimum absolute atomic E-state index is 0.0230. The number of benzene rings is 2. The largest absolute Gasteiger partial charge is 0.386 e. The fourth-order valence-corrected chi connectivity index (χ4v) is 2.49. The Hall–Kier alpha value is -2.50. The molecule has 2 rings (SSSR count). The summed E-state index contributed by atoms with van der Waals surface area (Å²) >= 11 is 0. The predicted octanol–water partition coefficient (Wildman–Crippen LogP) is 2.55. The second kappa shape index (κ2) is 9.71. The highest BCUT2D eigenvalue weighted by Crippen LogP contribution is 2.13. The first-order chi connectivity index (χ1) is 12.1. The highest BCUT2D eigenvalue weighted by Gasteiger charge is 2.23. The zero-order valence-electron chi connectivity index (χ0n) is 14.2. The molecule has 2 aromatic carbocycles. The summed E-state index contributed by atoms with van der Waals surface area (Å²) in [6.45, 7) is 1.47. The average molecular weight is 341 g/mol. The molecule has 0 aromatic heterocycles. The number of carbonyl (C=O) groups excluding carboxylic acids is 2. The Labute approximate surface area is 147 Å². The van der Waals surface area contributed by atoms with Crippen molar-refractivity contribution in [2.45, 2.75) is 25.9 Å². The SMILES string of the molecule is CC(O)C(=O)C(CCc1ccccc1)CONC(=O)c1ccccc1. The molecule has 2 aromatic rings. The van der Waals surface area contributed by atoms with Crippen molar-refractivity contribution in [3.63, 3.8) is 0 Å². The fraction of sp³-hybridized carbons (Fsp3) is 0.300. The Balaban J connectivity index is 1.87. The van der Waals surface area contributed by atoms with Crippen molar-refractivity contribution < 1.29 is 19.5 Å². The number of nitrogens with one attached hydrogen (secondary N) is 1. The van der Waals surface area contributed by atoms with Crippen LogP contribution in [0.4, 0.5) is 0 Å². The van der Waals surface area contributed by atoms with E-state index in [0.29, 0.717) is 18.4 Å². The summed E-state index contributed by atoms with van der Waals surface area (Å²) in [7, 11) is 0.